The Kier molecular flexibility index (Phi) is 6.78. The molecule has 5 heteroatoms. The van der Waals surface area contributed by atoms with Crippen LogP contribution in [0.2, 0.25) is 0 Å². The maximum Gasteiger partial charge on any atom is 0.0145 e. The highest BCUT2D eigenvalue weighted by Crippen LogP contribution is 2.00. The first kappa shape index (κ1) is 14.3. The predicted octanol–water partition coefficient (Wildman–Crippen LogP) is -0.112. The van der Waals surface area contributed by atoms with Gasteiger partial charge in [0.05, 0.1) is 0 Å². The molecule has 1 heterocycles. The van der Waals surface area contributed by atoms with Crippen LogP contribution in [0.15, 0.2) is 0 Å². The summed E-state index contributed by atoms with van der Waals surface area (Å²) in [6.07, 6.45) is 0. The minimum atomic E-state index is 1.14. The molecule has 1 unspecified atom stereocenters. The van der Waals surface area contributed by atoms with E-state index in [4.69, 9.17) is 0 Å². The van der Waals surface area contributed by atoms with Crippen molar-refractivity contribution in [1.29, 1.82) is 0 Å². The van der Waals surface area contributed by atoms with Crippen molar-refractivity contribution < 1.29 is 0 Å². The number of likely N-dealkylation sites (N-methyl/N-ethyl adjacent to an activating group) is 3. The fourth-order valence-corrected chi connectivity index (χ4v) is 1.96. The molecule has 0 aromatic carbocycles. The van der Waals surface area contributed by atoms with Crippen LogP contribution >= 0.6 is 9.39 Å². The lowest BCUT2D eigenvalue weighted by molar-refractivity contribution is 0.202. The molecule has 1 rings (SSSR count). The molecule has 0 bridgehead atoms. The minimum Gasteiger partial charge on any atom is -0.304 e. The van der Waals surface area contributed by atoms with Crippen LogP contribution in [-0.2, 0) is 0 Å². The minimum absolute atomic E-state index is 1.14. The van der Waals surface area contributed by atoms with Crippen LogP contribution in [-0.4, -0.2) is 92.9 Å². The zero-order valence-electron chi connectivity index (χ0n) is 11.0. The van der Waals surface area contributed by atoms with E-state index >= 15 is 0 Å². The smallest absolute Gasteiger partial charge is 0.0145 e. The summed E-state index contributed by atoms with van der Waals surface area (Å²) in [6.45, 7) is 9.25. The molecule has 96 valence electrons. The van der Waals surface area contributed by atoms with E-state index in [0.29, 0.717) is 0 Å². The number of hydrogen-bond acceptors (Lipinski definition) is 4. The molecule has 0 radical (unpaired) electrons. The molecule has 0 aromatic heterocycles. The van der Waals surface area contributed by atoms with E-state index in [0.717, 1.165) is 26.2 Å². The Balaban J connectivity index is 2.39. The molecule has 1 atom stereocenters. The molecule has 1 aliphatic rings. The Labute approximate surface area is 103 Å². The van der Waals surface area contributed by atoms with Gasteiger partial charge >= 0.3 is 0 Å². The van der Waals surface area contributed by atoms with Crippen molar-refractivity contribution in [2.24, 2.45) is 0 Å². The van der Waals surface area contributed by atoms with Gasteiger partial charge in [0.1, 0.15) is 0 Å². The van der Waals surface area contributed by atoms with Crippen LogP contribution < -0.4 is 0 Å². The number of rotatable bonds is 0. The van der Waals surface area contributed by atoms with Gasteiger partial charge in [0, 0.05) is 52.4 Å². The van der Waals surface area contributed by atoms with Gasteiger partial charge in [-0.15, -0.1) is 0 Å². The molecule has 1 aliphatic heterocycles. The molecule has 0 spiro atoms. The highest BCUT2D eigenvalue weighted by atomic mass is 31.0. The monoisotopic (exact) mass is 246 g/mol. The fraction of sp³-hybridized carbons (Fsp3) is 1.00. The average molecular weight is 246 g/mol. The Morgan fingerprint density at radius 3 is 1.12 bits per heavy atom. The third-order valence-corrected chi connectivity index (χ3v) is 3.78. The van der Waals surface area contributed by atoms with E-state index < -0.39 is 0 Å². The van der Waals surface area contributed by atoms with Gasteiger partial charge < -0.3 is 14.7 Å². The third kappa shape index (κ3) is 6.12. The summed E-state index contributed by atoms with van der Waals surface area (Å²) in [6, 6.07) is 0. The molecule has 0 aromatic rings. The quantitative estimate of drug-likeness (QED) is 0.553. The normalized spacial score (nSPS) is 26.2. The van der Waals surface area contributed by atoms with Gasteiger partial charge in [0.25, 0.3) is 0 Å². The number of hydrogen-bond donors (Lipinski definition) is 0. The molecule has 0 N–H and O–H groups in total. The van der Waals surface area contributed by atoms with Crippen molar-refractivity contribution >= 4 is 9.39 Å². The predicted molar refractivity (Wildman–Crippen MR) is 73.8 cm³/mol. The van der Waals surface area contributed by atoms with Crippen molar-refractivity contribution in [3.8, 4) is 0 Å². The largest absolute Gasteiger partial charge is 0.304 e. The summed E-state index contributed by atoms with van der Waals surface area (Å²) in [4.78, 5) is 7.25. The van der Waals surface area contributed by atoms with Gasteiger partial charge in [-0.25, -0.2) is 0 Å². The van der Waals surface area contributed by atoms with Gasteiger partial charge in [-0.05, 0) is 21.1 Å². The SMILES string of the molecule is CN1CCN(C)CCN(P)CCN(C)CC1. The highest BCUT2D eigenvalue weighted by molar-refractivity contribution is 7.13. The van der Waals surface area contributed by atoms with Crippen LogP contribution in [0.1, 0.15) is 0 Å². The molecule has 0 saturated carbocycles. The Bertz CT molecular complexity index is 135. The molecule has 0 aliphatic carbocycles. The van der Waals surface area contributed by atoms with Gasteiger partial charge in [-0.1, -0.05) is 9.39 Å². The first-order chi connectivity index (χ1) is 7.58. The van der Waals surface area contributed by atoms with Gasteiger partial charge in [0.15, 0.2) is 0 Å². The van der Waals surface area contributed by atoms with E-state index in [1.165, 1.54) is 26.2 Å². The summed E-state index contributed by atoms with van der Waals surface area (Å²) in [7, 11) is 9.48. The van der Waals surface area contributed by atoms with Crippen molar-refractivity contribution in [3.63, 3.8) is 0 Å². The number of nitrogens with zero attached hydrogens (tertiary/aromatic N) is 4. The maximum absolute atomic E-state index is 2.84. The van der Waals surface area contributed by atoms with Crippen LogP contribution in [0, 0.1) is 0 Å². The average Bonchev–Trinajstić information content (AvgIpc) is 2.27. The second-order valence-corrected chi connectivity index (χ2v) is 5.68. The van der Waals surface area contributed by atoms with Crippen molar-refractivity contribution in [3.05, 3.63) is 0 Å². The first-order valence-corrected chi connectivity index (χ1v) is 6.65. The second-order valence-electron chi connectivity index (χ2n) is 4.95. The highest BCUT2D eigenvalue weighted by Gasteiger charge is 2.08. The lowest BCUT2D eigenvalue weighted by Gasteiger charge is -2.28. The second kappa shape index (κ2) is 7.57. The molecule has 4 nitrogen and oxygen atoms in total. The molecular formula is C11H27N4P. The lowest BCUT2D eigenvalue weighted by atomic mass is 10.4. The Hall–Kier alpha value is 0.270. The molecule has 1 fully saturated rings. The topological polar surface area (TPSA) is 13.0 Å². The standard InChI is InChI=1S/C11H27N4P/c1-12-4-6-13(2)8-10-15(16)11-9-14(3)7-5-12/h4-11,16H2,1-3H3. The maximum atomic E-state index is 2.84. The van der Waals surface area contributed by atoms with E-state index in [2.05, 4.69) is 49.9 Å². The Morgan fingerprint density at radius 1 is 0.562 bits per heavy atom. The van der Waals surface area contributed by atoms with Gasteiger partial charge in [0.2, 0.25) is 0 Å². The van der Waals surface area contributed by atoms with E-state index in [-0.39, 0.29) is 0 Å². The summed E-state index contributed by atoms with van der Waals surface area (Å²) < 4.78 is 2.35. The summed E-state index contributed by atoms with van der Waals surface area (Å²) in [5, 5.41) is 0. The molecule has 16 heavy (non-hydrogen) atoms. The van der Waals surface area contributed by atoms with Crippen LogP contribution in [0.5, 0.6) is 0 Å². The summed E-state index contributed by atoms with van der Waals surface area (Å²) in [5.41, 5.74) is 0. The van der Waals surface area contributed by atoms with Gasteiger partial charge in [-0.3, -0.25) is 4.67 Å². The van der Waals surface area contributed by atoms with Gasteiger partial charge in [-0.2, -0.15) is 0 Å². The van der Waals surface area contributed by atoms with E-state index in [9.17, 15) is 0 Å². The van der Waals surface area contributed by atoms with Crippen molar-refractivity contribution in [2.45, 2.75) is 0 Å². The lowest BCUT2D eigenvalue weighted by Crippen LogP contribution is -2.40. The van der Waals surface area contributed by atoms with Crippen LogP contribution in [0.4, 0.5) is 0 Å². The molecular weight excluding hydrogens is 219 g/mol. The van der Waals surface area contributed by atoms with E-state index in [1.54, 1.807) is 0 Å². The molecule has 0 amide bonds. The third-order valence-electron chi connectivity index (χ3n) is 3.26. The van der Waals surface area contributed by atoms with Crippen molar-refractivity contribution in [1.82, 2.24) is 19.4 Å². The summed E-state index contributed by atoms with van der Waals surface area (Å²) >= 11 is 0. The zero-order chi connectivity index (χ0) is 12.0. The van der Waals surface area contributed by atoms with E-state index in [1.807, 2.05) is 0 Å². The fourth-order valence-electron chi connectivity index (χ4n) is 1.73. The molecule has 1 saturated heterocycles. The summed E-state index contributed by atoms with van der Waals surface area (Å²) in [5.74, 6) is 0. The van der Waals surface area contributed by atoms with Crippen LogP contribution in [0.25, 0.3) is 0 Å². The van der Waals surface area contributed by atoms with Crippen molar-refractivity contribution in [2.75, 3.05) is 73.5 Å². The first-order valence-electron chi connectivity index (χ1n) is 6.13. The Morgan fingerprint density at radius 2 is 0.812 bits per heavy atom. The van der Waals surface area contributed by atoms with Crippen LogP contribution in [0.3, 0.4) is 0 Å². The zero-order valence-corrected chi connectivity index (χ0v) is 12.2.